The first-order chi connectivity index (χ1) is 21.1. The molecule has 0 atom stereocenters. The fraction of sp³-hybridized carbons (Fsp3) is 0.281. The third-order valence-corrected chi connectivity index (χ3v) is 7.70. The number of aryl methyl sites for hydroxylation is 2. The van der Waals surface area contributed by atoms with E-state index in [9.17, 15) is 22.8 Å². The first-order valence-corrected chi connectivity index (χ1v) is 14.2. The number of pyridine rings is 1. The predicted molar refractivity (Wildman–Crippen MR) is 158 cm³/mol. The zero-order valence-corrected chi connectivity index (χ0v) is 24.4. The van der Waals surface area contributed by atoms with Crippen LogP contribution in [0.4, 0.5) is 18.9 Å². The number of Topliss-reactive ketones (excluding diaryl/α,β-unsaturated/α-hetero) is 1. The molecule has 0 aliphatic carbocycles. The van der Waals surface area contributed by atoms with Gasteiger partial charge in [0.15, 0.2) is 11.5 Å². The molecule has 12 heteroatoms. The van der Waals surface area contributed by atoms with E-state index in [0.717, 1.165) is 10.2 Å². The highest BCUT2D eigenvalue weighted by Crippen LogP contribution is 2.43. The standard InChI is InChI=1S/C32H29F3N6O3/c1-4-19-12-22-26(6-7-37-28(22)23(13-19)27(42)5-2)41-10-11-44-29-21(25-17-39(3)38-30(25)32(33,34)35)14-20(15-24(29)31(41)43)16-40-9-8-36-18-40/h6-9,12-15,17-18H,4-5,10-11,16H2,1-3H3. The predicted octanol–water partition coefficient (Wildman–Crippen LogP) is 6.09. The minimum atomic E-state index is -4.73. The number of rotatable bonds is 7. The summed E-state index contributed by atoms with van der Waals surface area (Å²) in [7, 11) is 1.41. The summed E-state index contributed by atoms with van der Waals surface area (Å²) in [6.45, 7) is 4.17. The molecule has 5 aromatic rings. The number of nitrogens with zero attached hydrogens (tertiary/aromatic N) is 6. The van der Waals surface area contributed by atoms with Crippen molar-refractivity contribution in [2.24, 2.45) is 7.05 Å². The Labute approximate surface area is 250 Å². The molecular formula is C32H29F3N6O3. The zero-order chi connectivity index (χ0) is 31.2. The number of aromatic nitrogens is 5. The third kappa shape index (κ3) is 5.20. The lowest BCUT2D eigenvalue weighted by molar-refractivity contribution is -0.141. The summed E-state index contributed by atoms with van der Waals surface area (Å²) < 4.78 is 51.3. The number of benzene rings is 2. The highest BCUT2D eigenvalue weighted by atomic mass is 19.4. The minimum absolute atomic E-state index is 0.0201. The number of amides is 1. The van der Waals surface area contributed by atoms with Crippen LogP contribution in [0.15, 0.2) is 61.4 Å². The van der Waals surface area contributed by atoms with Crippen LogP contribution in [0, 0.1) is 0 Å². The van der Waals surface area contributed by atoms with Crippen molar-refractivity contribution in [2.45, 2.75) is 39.4 Å². The van der Waals surface area contributed by atoms with Gasteiger partial charge in [-0.25, -0.2) is 4.98 Å². The Morgan fingerprint density at radius 1 is 1.05 bits per heavy atom. The maximum atomic E-state index is 14.4. The molecule has 0 radical (unpaired) electrons. The Kier molecular flexibility index (Phi) is 7.44. The van der Waals surface area contributed by atoms with Crippen LogP contribution in [0.3, 0.4) is 0 Å². The summed E-state index contributed by atoms with van der Waals surface area (Å²) in [5, 5.41) is 4.33. The van der Waals surface area contributed by atoms with Gasteiger partial charge in [-0.15, -0.1) is 0 Å². The molecule has 1 amide bonds. The van der Waals surface area contributed by atoms with Gasteiger partial charge >= 0.3 is 6.18 Å². The Hall–Kier alpha value is -5.00. The summed E-state index contributed by atoms with van der Waals surface area (Å²) in [5.41, 5.74) is 2.00. The van der Waals surface area contributed by atoms with E-state index in [4.69, 9.17) is 4.74 Å². The average Bonchev–Trinajstić information content (AvgIpc) is 3.64. The second-order valence-electron chi connectivity index (χ2n) is 10.6. The zero-order valence-electron chi connectivity index (χ0n) is 24.4. The van der Waals surface area contributed by atoms with Gasteiger partial charge in [0.25, 0.3) is 5.91 Å². The molecule has 2 aromatic carbocycles. The first kappa shape index (κ1) is 29.1. The lowest BCUT2D eigenvalue weighted by Crippen LogP contribution is -2.32. The lowest BCUT2D eigenvalue weighted by atomic mass is 9.96. The van der Waals surface area contributed by atoms with E-state index in [2.05, 4.69) is 15.1 Å². The number of halogens is 3. The number of hydrogen-bond donors (Lipinski definition) is 0. The van der Waals surface area contributed by atoms with E-state index in [1.807, 2.05) is 19.1 Å². The van der Waals surface area contributed by atoms with Gasteiger partial charge in [-0.05, 0) is 47.9 Å². The number of carbonyl (C=O) groups is 2. The van der Waals surface area contributed by atoms with Crippen LogP contribution in [0.5, 0.6) is 5.75 Å². The molecule has 0 fully saturated rings. The van der Waals surface area contributed by atoms with Crippen LogP contribution in [0.2, 0.25) is 0 Å². The summed E-state index contributed by atoms with van der Waals surface area (Å²) in [5.74, 6) is -0.446. The number of ketones is 1. The molecule has 0 unspecified atom stereocenters. The number of hydrogen-bond acceptors (Lipinski definition) is 6. The molecular weight excluding hydrogens is 573 g/mol. The van der Waals surface area contributed by atoms with Crippen molar-refractivity contribution < 1.29 is 27.5 Å². The molecule has 1 aliphatic rings. The minimum Gasteiger partial charge on any atom is -0.490 e. The van der Waals surface area contributed by atoms with E-state index in [1.165, 1.54) is 13.2 Å². The van der Waals surface area contributed by atoms with E-state index in [0.29, 0.717) is 40.6 Å². The maximum Gasteiger partial charge on any atom is 0.435 e. The van der Waals surface area contributed by atoms with Crippen molar-refractivity contribution in [3.05, 3.63) is 89.4 Å². The fourth-order valence-electron chi connectivity index (χ4n) is 5.64. The highest BCUT2D eigenvalue weighted by Gasteiger charge is 2.39. The maximum absolute atomic E-state index is 14.4. The molecule has 6 rings (SSSR count). The van der Waals surface area contributed by atoms with Gasteiger partial charge in [-0.3, -0.25) is 19.3 Å². The van der Waals surface area contributed by atoms with Crippen LogP contribution in [0.1, 0.15) is 57.8 Å². The van der Waals surface area contributed by atoms with Gasteiger partial charge in [0.2, 0.25) is 0 Å². The summed E-state index contributed by atoms with van der Waals surface area (Å²) in [4.78, 5) is 37.4. The first-order valence-electron chi connectivity index (χ1n) is 14.2. The SMILES string of the molecule is CCC(=O)c1cc(CC)cc2c(N3CCOc4c(cc(Cn5ccnc5)cc4-c4cn(C)nc4C(F)(F)F)C3=O)ccnc12. The van der Waals surface area contributed by atoms with Gasteiger partial charge in [0, 0.05) is 66.9 Å². The van der Waals surface area contributed by atoms with Crippen molar-refractivity contribution in [2.75, 3.05) is 18.1 Å². The van der Waals surface area contributed by atoms with Crippen molar-refractivity contribution in [3.63, 3.8) is 0 Å². The van der Waals surface area contributed by atoms with E-state index >= 15 is 0 Å². The summed E-state index contributed by atoms with van der Waals surface area (Å²) in [6, 6.07) is 8.73. The highest BCUT2D eigenvalue weighted by molar-refractivity contribution is 6.15. The van der Waals surface area contributed by atoms with Crippen LogP contribution >= 0.6 is 0 Å². The molecule has 9 nitrogen and oxygen atoms in total. The molecule has 3 aromatic heterocycles. The molecule has 0 spiro atoms. The van der Waals surface area contributed by atoms with Gasteiger partial charge in [0.05, 0.1) is 29.6 Å². The van der Waals surface area contributed by atoms with Crippen LogP contribution in [-0.2, 0) is 26.2 Å². The second-order valence-corrected chi connectivity index (χ2v) is 10.6. The van der Waals surface area contributed by atoms with Gasteiger partial charge in [-0.1, -0.05) is 13.8 Å². The average molecular weight is 603 g/mol. The normalized spacial score (nSPS) is 13.6. The number of fused-ring (bicyclic) bond motifs is 2. The van der Waals surface area contributed by atoms with Gasteiger partial charge in [0.1, 0.15) is 12.4 Å². The molecule has 44 heavy (non-hydrogen) atoms. The second kappa shape index (κ2) is 11.3. The fourth-order valence-corrected chi connectivity index (χ4v) is 5.64. The molecule has 0 bridgehead atoms. The Bertz CT molecular complexity index is 1900. The monoisotopic (exact) mass is 602 g/mol. The van der Waals surface area contributed by atoms with Crippen molar-refractivity contribution in [1.29, 1.82) is 0 Å². The molecule has 0 saturated heterocycles. The summed E-state index contributed by atoms with van der Waals surface area (Å²) in [6.07, 6.45) is 3.99. The van der Waals surface area contributed by atoms with Crippen molar-refractivity contribution in [3.8, 4) is 16.9 Å². The van der Waals surface area contributed by atoms with E-state index in [1.54, 1.807) is 59.5 Å². The van der Waals surface area contributed by atoms with Gasteiger partial charge < -0.3 is 14.2 Å². The third-order valence-electron chi connectivity index (χ3n) is 7.70. The number of ether oxygens (including phenoxy) is 1. The largest absolute Gasteiger partial charge is 0.490 e. The number of alkyl halides is 3. The van der Waals surface area contributed by atoms with E-state index in [-0.39, 0.29) is 47.9 Å². The van der Waals surface area contributed by atoms with Crippen LogP contribution < -0.4 is 9.64 Å². The smallest absolute Gasteiger partial charge is 0.435 e. The molecule has 0 saturated carbocycles. The molecule has 0 N–H and O–H groups in total. The van der Waals surface area contributed by atoms with Crippen molar-refractivity contribution in [1.82, 2.24) is 24.3 Å². The summed E-state index contributed by atoms with van der Waals surface area (Å²) >= 11 is 0. The van der Waals surface area contributed by atoms with E-state index < -0.39 is 17.8 Å². The number of imidazole rings is 1. The van der Waals surface area contributed by atoms with Gasteiger partial charge in [-0.2, -0.15) is 18.3 Å². The van der Waals surface area contributed by atoms with Crippen LogP contribution in [0.25, 0.3) is 22.0 Å². The quantitative estimate of drug-likeness (QED) is 0.209. The topological polar surface area (TPSA) is 95.1 Å². The van der Waals surface area contributed by atoms with Crippen LogP contribution in [-0.4, -0.2) is 49.2 Å². The number of carbonyl (C=O) groups excluding carboxylic acids is 2. The van der Waals surface area contributed by atoms with Crippen molar-refractivity contribution >= 4 is 28.3 Å². The molecule has 226 valence electrons. The molecule has 4 heterocycles. The molecule has 1 aliphatic heterocycles. The Morgan fingerprint density at radius 2 is 1.84 bits per heavy atom. The Balaban J connectivity index is 1.55. The number of anilines is 1. The lowest BCUT2D eigenvalue weighted by Gasteiger charge is -2.23. The Morgan fingerprint density at radius 3 is 2.55 bits per heavy atom.